The number of ether oxygens (including phenoxy) is 1. The van der Waals surface area contributed by atoms with Gasteiger partial charge in [-0.1, -0.05) is 19.9 Å². The summed E-state index contributed by atoms with van der Waals surface area (Å²) in [5.74, 6) is -0.579. The van der Waals surface area contributed by atoms with E-state index in [9.17, 15) is 27.2 Å². The number of amides is 2. The van der Waals surface area contributed by atoms with E-state index in [0.29, 0.717) is 40.0 Å². The number of furan rings is 1. The monoisotopic (exact) mass is 619 g/mol. The molecule has 2 amide bonds. The highest BCUT2D eigenvalue weighted by Gasteiger charge is 2.30. The summed E-state index contributed by atoms with van der Waals surface area (Å²) in [6.07, 6.45) is -3.50. The van der Waals surface area contributed by atoms with Crippen molar-refractivity contribution in [1.29, 1.82) is 0 Å². The van der Waals surface area contributed by atoms with Crippen LogP contribution in [0.3, 0.4) is 0 Å². The van der Waals surface area contributed by atoms with Gasteiger partial charge in [0.2, 0.25) is 0 Å². The lowest BCUT2D eigenvalue weighted by molar-refractivity contribution is -0.137. The van der Waals surface area contributed by atoms with Crippen molar-refractivity contribution in [3.63, 3.8) is 0 Å². The summed E-state index contributed by atoms with van der Waals surface area (Å²) in [6.45, 7) is 4.32. The zero-order chi connectivity index (χ0) is 32.3. The van der Waals surface area contributed by atoms with Crippen molar-refractivity contribution < 1.29 is 36.3 Å². The van der Waals surface area contributed by atoms with Gasteiger partial charge in [0.05, 0.1) is 16.8 Å². The van der Waals surface area contributed by atoms with Crippen molar-refractivity contribution >= 4 is 22.8 Å². The smallest absolute Gasteiger partial charge is 0.417 e. The average Bonchev–Trinajstić information content (AvgIpc) is 3.38. The zero-order valence-electron chi connectivity index (χ0n) is 24.4. The first kappa shape index (κ1) is 31.2. The second kappa shape index (κ2) is 12.8. The summed E-state index contributed by atoms with van der Waals surface area (Å²) in [4.78, 5) is 29.3. The Bertz CT molecular complexity index is 1850. The molecule has 0 aliphatic carbocycles. The van der Waals surface area contributed by atoms with E-state index >= 15 is 0 Å². The molecule has 232 valence electrons. The number of primary amides is 1. The molecule has 11 heteroatoms. The Kier molecular flexibility index (Phi) is 8.89. The summed E-state index contributed by atoms with van der Waals surface area (Å²) < 4.78 is 64.3. The van der Waals surface area contributed by atoms with Gasteiger partial charge in [-0.15, -0.1) is 0 Å². The normalized spacial score (nSPS) is 11.6. The third kappa shape index (κ3) is 7.31. The predicted octanol–water partition coefficient (Wildman–Crippen LogP) is 7.31. The standard InChI is InChI=1S/C34H29F4N3O4/c1-19(2)16-41-33(43)22-6-12-28(44-18-26-10-7-24(17-40-26)34(36,37)38)23(15-22)13-20-3-11-29-27(14-20)30(32(39)42)31(45-29)21-4-8-25(35)9-5-21/h3-12,14-15,17,19H,13,16,18H2,1-2H3,(H2,39,42)(H,41,43). The third-order valence-corrected chi connectivity index (χ3v) is 7.02. The van der Waals surface area contributed by atoms with Crippen LogP contribution in [0.5, 0.6) is 5.75 Å². The molecule has 0 aliphatic rings. The molecular formula is C34H29F4N3O4. The highest BCUT2D eigenvalue weighted by molar-refractivity contribution is 6.10. The second-order valence-electron chi connectivity index (χ2n) is 10.9. The van der Waals surface area contributed by atoms with Gasteiger partial charge in [0, 0.05) is 35.7 Å². The molecule has 0 fully saturated rings. The molecule has 2 heterocycles. The molecule has 7 nitrogen and oxygen atoms in total. The number of hydrogen-bond acceptors (Lipinski definition) is 5. The van der Waals surface area contributed by atoms with E-state index in [4.69, 9.17) is 14.9 Å². The van der Waals surface area contributed by atoms with Crippen LogP contribution < -0.4 is 15.8 Å². The second-order valence-corrected chi connectivity index (χ2v) is 10.9. The van der Waals surface area contributed by atoms with Crippen LogP contribution in [0, 0.1) is 11.7 Å². The van der Waals surface area contributed by atoms with Crippen LogP contribution in [0.4, 0.5) is 17.6 Å². The molecule has 0 saturated heterocycles. The van der Waals surface area contributed by atoms with Gasteiger partial charge < -0.3 is 20.2 Å². The van der Waals surface area contributed by atoms with Crippen molar-refractivity contribution in [2.24, 2.45) is 11.7 Å². The minimum atomic E-state index is -4.50. The van der Waals surface area contributed by atoms with E-state index < -0.39 is 23.5 Å². The van der Waals surface area contributed by atoms with Crippen LogP contribution >= 0.6 is 0 Å². The van der Waals surface area contributed by atoms with Crippen molar-refractivity contribution in [3.8, 4) is 17.1 Å². The summed E-state index contributed by atoms with van der Waals surface area (Å²) >= 11 is 0. The number of pyridine rings is 1. The number of nitrogens with one attached hydrogen (secondary N) is 1. The van der Waals surface area contributed by atoms with Crippen LogP contribution in [0.1, 0.15) is 56.9 Å². The SMILES string of the molecule is CC(C)CNC(=O)c1ccc(OCc2ccc(C(F)(F)F)cn2)c(Cc2ccc3oc(-c4ccc(F)cc4)c(C(N)=O)c3c2)c1. The Morgan fingerprint density at radius 3 is 2.40 bits per heavy atom. The van der Waals surface area contributed by atoms with Crippen LogP contribution in [0.25, 0.3) is 22.3 Å². The molecule has 0 spiro atoms. The van der Waals surface area contributed by atoms with Crippen LogP contribution in [0.15, 0.2) is 83.4 Å². The number of nitrogens with two attached hydrogens (primary N) is 1. The summed E-state index contributed by atoms with van der Waals surface area (Å²) in [7, 11) is 0. The molecule has 45 heavy (non-hydrogen) atoms. The Morgan fingerprint density at radius 1 is 1.00 bits per heavy atom. The van der Waals surface area contributed by atoms with Gasteiger partial charge in [0.25, 0.3) is 11.8 Å². The van der Waals surface area contributed by atoms with Gasteiger partial charge in [0.1, 0.15) is 29.5 Å². The molecular weight excluding hydrogens is 590 g/mol. The fourth-order valence-electron chi connectivity index (χ4n) is 4.75. The van der Waals surface area contributed by atoms with Crippen LogP contribution in [0.2, 0.25) is 0 Å². The Balaban J connectivity index is 1.48. The topological polar surface area (TPSA) is 107 Å². The summed E-state index contributed by atoms with van der Waals surface area (Å²) in [5.41, 5.74) is 7.93. The molecule has 0 bridgehead atoms. The molecule has 0 radical (unpaired) electrons. The Labute approximate surface area is 256 Å². The first-order chi connectivity index (χ1) is 21.4. The van der Waals surface area contributed by atoms with E-state index in [1.54, 1.807) is 36.4 Å². The highest BCUT2D eigenvalue weighted by Crippen LogP contribution is 2.35. The van der Waals surface area contributed by atoms with Gasteiger partial charge >= 0.3 is 6.18 Å². The van der Waals surface area contributed by atoms with E-state index in [2.05, 4.69) is 10.3 Å². The maximum absolute atomic E-state index is 13.5. The molecule has 3 aromatic carbocycles. The first-order valence-corrected chi connectivity index (χ1v) is 14.1. The molecule has 3 N–H and O–H groups in total. The number of halogens is 4. The average molecular weight is 620 g/mol. The fourth-order valence-corrected chi connectivity index (χ4v) is 4.75. The first-order valence-electron chi connectivity index (χ1n) is 14.1. The van der Waals surface area contributed by atoms with Crippen molar-refractivity contribution in [2.45, 2.75) is 33.1 Å². The maximum Gasteiger partial charge on any atom is 0.417 e. The van der Waals surface area contributed by atoms with Crippen LogP contribution in [-0.4, -0.2) is 23.3 Å². The Hall–Kier alpha value is -5.19. The lowest BCUT2D eigenvalue weighted by Gasteiger charge is -2.15. The zero-order valence-corrected chi connectivity index (χ0v) is 24.4. The molecule has 0 atom stereocenters. The van der Waals surface area contributed by atoms with Gasteiger partial charge in [-0.25, -0.2) is 4.39 Å². The van der Waals surface area contributed by atoms with Crippen molar-refractivity contribution in [2.75, 3.05) is 6.54 Å². The van der Waals surface area contributed by atoms with E-state index in [1.165, 1.54) is 30.3 Å². The quantitative estimate of drug-likeness (QED) is 0.160. The number of aromatic nitrogens is 1. The minimum Gasteiger partial charge on any atom is -0.487 e. The van der Waals surface area contributed by atoms with E-state index in [0.717, 1.165) is 17.8 Å². The lowest BCUT2D eigenvalue weighted by Crippen LogP contribution is -2.27. The number of nitrogens with zero attached hydrogens (tertiary/aromatic N) is 1. The van der Waals surface area contributed by atoms with E-state index in [1.807, 2.05) is 13.8 Å². The van der Waals surface area contributed by atoms with Gasteiger partial charge in [-0.3, -0.25) is 14.6 Å². The summed E-state index contributed by atoms with van der Waals surface area (Å²) in [6, 6.07) is 17.8. The van der Waals surface area contributed by atoms with Crippen LogP contribution in [-0.2, 0) is 19.2 Å². The predicted molar refractivity (Wildman–Crippen MR) is 160 cm³/mol. The number of carbonyl (C=O) groups is 2. The molecule has 2 aromatic heterocycles. The molecule has 5 aromatic rings. The highest BCUT2D eigenvalue weighted by atomic mass is 19.4. The minimum absolute atomic E-state index is 0.113. The molecule has 5 rings (SSSR count). The van der Waals surface area contributed by atoms with Gasteiger partial charge in [0.15, 0.2) is 0 Å². The largest absolute Gasteiger partial charge is 0.487 e. The molecule has 0 aliphatic heterocycles. The molecule has 0 saturated carbocycles. The maximum atomic E-state index is 13.5. The van der Waals surface area contributed by atoms with Gasteiger partial charge in [-0.05, 0) is 83.8 Å². The van der Waals surface area contributed by atoms with Crippen molar-refractivity contribution in [3.05, 3.63) is 118 Å². The lowest BCUT2D eigenvalue weighted by atomic mass is 9.98. The summed E-state index contributed by atoms with van der Waals surface area (Å²) in [5, 5.41) is 3.34. The van der Waals surface area contributed by atoms with Gasteiger partial charge in [-0.2, -0.15) is 13.2 Å². The number of rotatable bonds is 10. The molecule has 0 unspecified atom stereocenters. The van der Waals surface area contributed by atoms with E-state index in [-0.39, 0.29) is 41.9 Å². The number of hydrogen-bond donors (Lipinski definition) is 2. The number of benzene rings is 3. The fraction of sp³-hybridized carbons (Fsp3) is 0.206. The third-order valence-electron chi connectivity index (χ3n) is 7.02. The number of carbonyl (C=O) groups excluding carboxylic acids is 2. The Morgan fingerprint density at radius 2 is 1.76 bits per heavy atom. The number of alkyl halides is 3. The number of fused-ring (bicyclic) bond motifs is 1. The van der Waals surface area contributed by atoms with Crippen molar-refractivity contribution in [1.82, 2.24) is 10.3 Å².